The van der Waals surface area contributed by atoms with Crippen LogP contribution in [-0.2, 0) is 11.2 Å². The average Bonchev–Trinajstić information content (AvgIpc) is 3.11. The molecule has 0 bridgehead atoms. The Hall–Kier alpha value is -2.35. The van der Waals surface area contributed by atoms with Crippen molar-refractivity contribution in [3.8, 4) is 0 Å². The van der Waals surface area contributed by atoms with Gasteiger partial charge in [0.15, 0.2) is 5.82 Å². The highest BCUT2D eigenvalue weighted by Gasteiger charge is 2.30. The van der Waals surface area contributed by atoms with E-state index in [4.69, 9.17) is 4.52 Å². The smallest absolute Gasteiger partial charge is 0.243 e. The number of aryl methyl sites for hydroxylation is 1. The number of hydrogen-bond donors (Lipinski definition) is 1. The Labute approximate surface area is 140 Å². The van der Waals surface area contributed by atoms with Gasteiger partial charge in [-0.05, 0) is 38.9 Å². The molecule has 1 aliphatic heterocycles. The molecule has 2 aromatic rings. The minimum absolute atomic E-state index is 0.0143. The van der Waals surface area contributed by atoms with E-state index in [1.165, 1.54) is 0 Å². The number of anilines is 1. The summed E-state index contributed by atoms with van der Waals surface area (Å²) >= 11 is 0. The van der Waals surface area contributed by atoms with Crippen molar-refractivity contribution in [1.82, 2.24) is 25.0 Å². The summed E-state index contributed by atoms with van der Waals surface area (Å²) in [6, 6.07) is 1.79. The highest BCUT2D eigenvalue weighted by molar-refractivity contribution is 5.90. The Morgan fingerprint density at radius 1 is 1.38 bits per heavy atom. The van der Waals surface area contributed by atoms with Gasteiger partial charge >= 0.3 is 0 Å². The van der Waals surface area contributed by atoms with E-state index in [9.17, 15) is 4.79 Å². The summed E-state index contributed by atoms with van der Waals surface area (Å²) in [5.41, 5.74) is 0. The van der Waals surface area contributed by atoms with Crippen LogP contribution in [0.4, 0.5) is 5.95 Å². The van der Waals surface area contributed by atoms with Gasteiger partial charge in [-0.25, -0.2) is 9.97 Å². The third-order valence-corrected chi connectivity index (χ3v) is 4.41. The van der Waals surface area contributed by atoms with Crippen LogP contribution in [0.25, 0.3) is 0 Å². The molecule has 0 aliphatic carbocycles. The van der Waals surface area contributed by atoms with Gasteiger partial charge in [0.2, 0.25) is 17.7 Å². The largest absolute Gasteiger partial charge is 0.338 e. The Bertz CT molecular complexity index is 666. The first-order chi connectivity index (χ1) is 11.7. The van der Waals surface area contributed by atoms with Gasteiger partial charge in [0.1, 0.15) is 0 Å². The van der Waals surface area contributed by atoms with E-state index in [1.54, 1.807) is 18.5 Å². The van der Waals surface area contributed by atoms with E-state index < -0.39 is 0 Å². The third kappa shape index (κ3) is 3.76. The maximum Gasteiger partial charge on any atom is 0.243 e. The zero-order valence-electron chi connectivity index (χ0n) is 14.0. The third-order valence-electron chi connectivity index (χ3n) is 4.41. The number of amides is 1. The predicted molar refractivity (Wildman–Crippen MR) is 87.0 cm³/mol. The highest BCUT2D eigenvalue weighted by atomic mass is 16.5. The molecule has 1 saturated heterocycles. The lowest BCUT2D eigenvalue weighted by Gasteiger charge is -2.33. The molecule has 3 heterocycles. The molecule has 0 radical (unpaired) electrons. The maximum absolute atomic E-state index is 12.3. The minimum Gasteiger partial charge on any atom is -0.338 e. The van der Waals surface area contributed by atoms with Gasteiger partial charge in [0.25, 0.3) is 0 Å². The Morgan fingerprint density at radius 3 is 2.71 bits per heavy atom. The Morgan fingerprint density at radius 2 is 2.08 bits per heavy atom. The quantitative estimate of drug-likeness (QED) is 0.893. The molecule has 0 aromatic carbocycles. The summed E-state index contributed by atoms with van der Waals surface area (Å²) in [6.07, 6.45) is 5.57. The molecule has 0 saturated carbocycles. The number of hydrogen-bond acceptors (Lipinski definition) is 7. The van der Waals surface area contributed by atoms with Crippen molar-refractivity contribution in [3.05, 3.63) is 30.2 Å². The molecule has 3 rings (SSSR count). The summed E-state index contributed by atoms with van der Waals surface area (Å²) in [7, 11) is 0. The van der Waals surface area contributed by atoms with Crippen molar-refractivity contribution in [3.63, 3.8) is 0 Å². The lowest BCUT2D eigenvalue weighted by Crippen LogP contribution is -2.39. The van der Waals surface area contributed by atoms with Crippen LogP contribution in [0.1, 0.15) is 44.4 Å². The van der Waals surface area contributed by atoms with Crippen molar-refractivity contribution in [2.45, 2.75) is 39.2 Å². The molecule has 1 aliphatic rings. The second kappa shape index (κ2) is 7.48. The molecular formula is C16H22N6O2. The first kappa shape index (κ1) is 16.5. The van der Waals surface area contributed by atoms with E-state index in [-0.39, 0.29) is 17.9 Å². The number of carbonyl (C=O) groups excluding carboxylic acids is 1. The van der Waals surface area contributed by atoms with Crippen LogP contribution in [0.15, 0.2) is 23.0 Å². The highest BCUT2D eigenvalue weighted by Crippen LogP contribution is 2.26. The molecule has 2 aromatic heterocycles. The Balaban J connectivity index is 1.52. The van der Waals surface area contributed by atoms with E-state index in [0.29, 0.717) is 11.8 Å². The molecule has 8 nitrogen and oxygen atoms in total. The second-order valence-electron chi connectivity index (χ2n) is 5.95. The summed E-state index contributed by atoms with van der Waals surface area (Å²) in [5, 5.41) is 6.73. The molecule has 1 amide bonds. The summed E-state index contributed by atoms with van der Waals surface area (Å²) in [6.45, 7) is 5.70. The predicted octanol–water partition coefficient (Wildman–Crippen LogP) is 1.83. The Kier molecular flexibility index (Phi) is 5.14. The molecule has 1 fully saturated rings. The van der Waals surface area contributed by atoms with Crippen LogP contribution in [0.2, 0.25) is 0 Å². The van der Waals surface area contributed by atoms with Crippen LogP contribution in [0, 0.1) is 5.92 Å². The first-order valence-corrected chi connectivity index (χ1v) is 8.31. The SMILES string of the molecule is CCc1noc(C(C)N2CCC(C(=O)Nc3ncccn3)CC2)n1. The summed E-state index contributed by atoms with van der Waals surface area (Å²) in [4.78, 5) is 27.0. The minimum atomic E-state index is -0.0221. The summed E-state index contributed by atoms with van der Waals surface area (Å²) < 4.78 is 5.33. The van der Waals surface area contributed by atoms with E-state index >= 15 is 0 Å². The van der Waals surface area contributed by atoms with Gasteiger partial charge in [0.05, 0.1) is 6.04 Å². The van der Waals surface area contributed by atoms with Crippen LogP contribution in [-0.4, -0.2) is 44.0 Å². The van der Waals surface area contributed by atoms with Crippen molar-refractivity contribution >= 4 is 11.9 Å². The van der Waals surface area contributed by atoms with Gasteiger partial charge in [-0.2, -0.15) is 4.98 Å². The number of nitrogens with one attached hydrogen (secondary N) is 1. The zero-order valence-corrected chi connectivity index (χ0v) is 14.0. The molecule has 24 heavy (non-hydrogen) atoms. The first-order valence-electron chi connectivity index (χ1n) is 8.31. The standard InChI is InChI=1S/C16H22N6O2/c1-3-13-19-15(24-21-13)11(2)22-9-5-12(6-10-22)14(23)20-16-17-7-4-8-18-16/h4,7-8,11-12H,3,5-6,9-10H2,1-2H3,(H,17,18,20,23). The van der Waals surface area contributed by atoms with Crippen LogP contribution in [0.5, 0.6) is 0 Å². The molecule has 8 heteroatoms. The molecule has 1 unspecified atom stereocenters. The van der Waals surface area contributed by atoms with E-state index in [0.717, 1.165) is 38.2 Å². The molecule has 1 atom stereocenters. The van der Waals surface area contributed by atoms with Crippen LogP contribution >= 0.6 is 0 Å². The number of carbonyl (C=O) groups is 1. The normalized spacial score (nSPS) is 17.6. The topological polar surface area (TPSA) is 97.0 Å². The van der Waals surface area contributed by atoms with Crippen molar-refractivity contribution in [1.29, 1.82) is 0 Å². The van der Waals surface area contributed by atoms with Crippen molar-refractivity contribution < 1.29 is 9.32 Å². The molecular weight excluding hydrogens is 308 g/mol. The van der Waals surface area contributed by atoms with E-state index in [1.807, 2.05) is 6.92 Å². The van der Waals surface area contributed by atoms with Gasteiger partial charge in [-0.15, -0.1) is 0 Å². The fraction of sp³-hybridized carbons (Fsp3) is 0.562. The molecule has 0 spiro atoms. The van der Waals surface area contributed by atoms with Crippen molar-refractivity contribution in [2.24, 2.45) is 5.92 Å². The van der Waals surface area contributed by atoms with Crippen molar-refractivity contribution in [2.75, 3.05) is 18.4 Å². The number of rotatable bonds is 5. The monoisotopic (exact) mass is 330 g/mol. The fourth-order valence-corrected chi connectivity index (χ4v) is 2.86. The maximum atomic E-state index is 12.3. The van der Waals surface area contributed by atoms with Gasteiger partial charge in [0, 0.05) is 24.7 Å². The number of piperidine rings is 1. The second-order valence-corrected chi connectivity index (χ2v) is 5.95. The van der Waals surface area contributed by atoms with Crippen LogP contribution in [0.3, 0.4) is 0 Å². The number of likely N-dealkylation sites (tertiary alicyclic amines) is 1. The molecule has 1 N–H and O–H groups in total. The molecule has 128 valence electrons. The van der Waals surface area contributed by atoms with Crippen LogP contribution < -0.4 is 5.32 Å². The van der Waals surface area contributed by atoms with Gasteiger partial charge in [-0.1, -0.05) is 12.1 Å². The van der Waals surface area contributed by atoms with Gasteiger partial charge in [-0.3, -0.25) is 15.0 Å². The number of nitrogens with zero attached hydrogens (tertiary/aromatic N) is 5. The average molecular weight is 330 g/mol. The fourth-order valence-electron chi connectivity index (χ4n) is 2.86. The van der Waals surface area contributed by atoms with E-state index in [2.05, 4.69) is 37.2 Å². The lowest BCUT2D eigenvalue weighted by atomic mass is 9.95. The number of aromatic nitrogens is 4. The van der Waals surface area contributed by atoms with Gasteiger partial charge < -0.3 is 4.52 Å². The lowest BCUT2D eigenvalue weighted by molar-refractivity contribution is -0.121. The summed E-state index contributed by atoms with van der Waals surface area (Å²) in [5.74, 6) is 1.70. The zero-order chi connectivity index (χ0) is 16.9.